The van der Waals surface area contributed by atoms with E-state index in [1.54, 1.807) is 24.3 Å². The van der Waals surface area contributed by atoms with Gasteiger partial charge in [0.1, 0.15) is 0 Å². The molecule has 1 aromatic carbocycles. The van der Waals surface area contributed by atoms with E-state index >= 15 is 0 Å². The number of nitrogens with one attached hydrogen (secondary N) is 2. The van der Waals surface area contributed by atoms with Gasteiger partial charge in [-0.05, 0) is 38.5 Å². The van der Waals surface area contributed by atoms with Crippen LogP contribution in [0.2, 0.25) is 0 Å². The van der Waals surface area contributed by atoms with Crippen molar-refractivity contribution in [1.29, 1.82) is 0 Å². The molecule has 2 unspecified atom stereocenters. The standard InChI is InChI=1S/C13H19N3O2/c1-9-13(2,6-7-18-9)16-12(17)15-11-5-3-4-10(14)8-11/h3-5,8-9H,6-7,14H2,1-2H3,(H2,15,16,17). The number of amides is 2. The third kappa shape index (κ3) is 2.73. The molecule has 0 saturated carbocycles. The van der Waals surface area contributed by atoms with Crippen molar-refractivity contribution in [2.45, 2.75) is 31.9 Å². The summed E-state index contributed by atoms with van der Waals surface area (Å²) in [6, 6.07) is 6.86. The van der Waals surface area contributed by atoms with Crippen molar-refractivity contribution in [2.75, 3.05) is 17.7 Å². The van der Waals surface area contributed by atoms with Gasteiger partial charge in [0.2, 0.25) is 0 Å². The van der Waals surface area contributed by atoms with Gasteiger partial charge in [0.25, 0.3) is 0 Å². The summed E-state index contributed by atoms with van der Waals surface area (Å²) in [5.74, 6) is 0. The molecule has 1 aromatic rings. The monoisotopic (exact) mass is 249 g/mol. The number of nitrogens with two attached hydrogens (primary N) is 1. The SMILES string of the molecule is CC1OCCC1(C)NC(=O)Nc1cccc(N)c1. The lowest BCUT2D eigenvalue weighted by atomic mass is 9.95. The van der Waals surface area contributed by atoms with E-state index in [2.05, 4.69) is 10.6 Å². The predicted octanol–water partition coefficient (Wildman–Crippen LogP) is 1.96. The average molecular weight is 249 g/mol. The summed E-state index contributed by atoms with van der Waals surface area (Å²) in [6.07, 6.45) is 0.836. The molecule has 0 aromatic heterocycles. The third-order valence-corrected chi connectivity index (χ3v) is 3.43. The van der Waals surface area contributed by atoms with Gasteiger partial charge in [0.15, 0.2) is 0 Å². The smallest absolute Gasteiger partial charge is 0.319 e. The summed E-state index contributed by atoms with van der Waals surface area (Å²) >= 11 is 0. The van der Waals surface area contributed by atoms with Crippen LogP contribution >= 0.6 is 0 Å². The maximum absolute atomic E-state index is 11.9. The Balaban J connectivity index is 1.97. The minimum Gasteiger partial charge on any atom is -0.399 e. The zero-order valence-electron chi connectivity index (χ0n) is 10.7. The van der Waals surface area contributed by atoms with Crippen molar-refractivity contribution in [1.82, 2.24) is 5.32 Å². The molecular weight excluding hydrogens is 230 g/mol. The number of carbonyl (C=O) groups excluding carboxylic acids is 1. The topological polar surface area (TPSA) is 76.4 Å². The summed E-state index contributed by atoms with van der Waals surface area (Å²) < 4.78 is 5.48. The lowest BCUT2D eigenvalue weighted by molar-refractivity contribution is 0.0920. The molecule has 0 aliphatic carbocycles. The summed E-state index contributed by atoms with van der Waals surface area (Å²) in [6.45, 7) is 4.63. The molecule has 2 rings (SSSR count). The zero-order valence-corrected chi connectivity index (χ0v) is 10.7. The summed E-state index contributed by atoms with van der Waals surface area (Å²) in [4.78, 5) is 11.9. The van der Waals surface area contributed by atoms with Crippen LogP contribution in [-0.4, -0.2) is 24.3 Å². The largest absolute Gasteiger partial charge is 0.399 e. The molecule has 18 heavy (non-hydrogen) atoms. The zero-order chi connectivity index (χ0) is 13.2. The van der Waals surface area contributed by atoms with Crippen LogP contribution in [0.5, 0.6) is 0 Å². The van der Waals surface area contributed by atoms with Gasteiger partial charge >= 0.3 is 6.03 Å². The third-order valence-electron chi connectivity index (χ3n) is 3.43. The van der Waals surface area contributed by atoms with Gasteiger partial charge in [-0.15, -0.1) is 0 Å². The number of ether oxygens (including phenoxy) is 1. The maximum Gasteiger partial charge on any atom is 0.319 e. The fourth-order valence-corrected chi connectivity index (χ4v) is 2.04. The van der Waals surface area contributed by atoms with Crippen molar-refractivity contribution >= 4 is 17.4 Å². The van der Waals surface area contributed by atoms with Gasteiger partial charge in [-0.3, -0.25) is 0 Å². The number of hydrogen-bond donors (Lipinski definition) is 3. The number of hydrogen-bond acceptors (Lipinski definition) is 3. The van der Waals surface area contributed by atoms with Crippen LogP contribution in [0.3, 0.4) is 0 Å². The Bertz CT molecular complexity index is 450. The molecule has 5 heteroatoms. The van der Waals surface area contributed by atoms with Gasteiger partial charge in [-0.2, -0.15) is 0 Å². The molecular formula is C13H19N3O2. The highest BCUT2D eigenvalue weighted by atomic mass is 16.5. The highest BCUT2D eigenvalue weighted by Crippen LogP contribution is 2.25. The first-order valence-corrected chi connectivity index (χ1v) is 6.06. The second-order valence-electron chi connectivity index (χ2n) is 4.89. The van der Waals surface area contributed by atoms with E-state index in [1.165, 1.54) is 0 Å². The van der Waals surface area contributed by atoms with Crippen LogP contribution in [0.25, 0.3) is 0 Å². The van der Waals surface area contributed by atoms with Crippen molar-refractivity contribution < 1.29 is 9.53 Å². The molecule has 1 saturated heterocycles. The molecule has 0 bridgehead atoms. The van der Waals surface area contributed by atoms with Crippen LogP contribution in [0.4, 0.5) is 16.2 Å². The van der Waals surface area contributed by atoms with E-state index in [4.69, 9.17) is 10.5 Å². The van der Waals surface area contributed by atoms with Gasteiger partial charge in [-0.25, -0.2) is 4.79 Å². The first-order chi connectivity index (χ1) is 8.49. The maximum atomic E-state index is 11.9. The number of urea groups is 1. The molecule has 1 fully saturated rings. The number of benzene rings is 1. The molecule has 1 aliphatic rings. The first kappa shape index (κ1) is 12.7. The number of anilines is 2. The minimum atomic E-state index is -0.315. The molecule has 1 aliphatic heterocycles. The van der Waals surface area contributed by atoms with Gasteiger partial charge in [-0.1, -0.05) is 6.07 Å². The van der Waals surface area contributed by atoms with Crippen LogP contribution in [0.15, 0.2) is 24.3 Å². The van der Waals surface area contributed by atoms with Crippen molar-refractivity contribution in [2.24, 2.45) is 0 Å². The fourth-order valence-electron chi connectivity index (χ4n) is 2.04. The first-order valence-electron chi connectivity index (χ1n) is 6.06. The highest BCUT2D eigenvalue weighted by Gasteiger charge is 2.38. The van der Waals surface area contributed by atoms with E-state index in [0.29, 0.717) is 18.0 Å². The Labute approximate surface area is 107 Å². The van der Waals surface area contributed by atoms with Crippen LogP contribution in [0.1, 0.15) is 20.3 Å². The highest BCUT2D eigenvalue weighted by molar-refractivity contribution is 5.90. The molecule has 1 heterocycles. The predicted molar refractivity (Wildman–Crippen MR) is 71.4 cm³/mol. The summed E-state index contributed by atoms with van der Waals surface area (Å²) in [7, 11) is 0. The lowest BCUT2D eigenvalue weighted by Crippen LogP contribution is -2.52. The van der Waals surface area contributed by atoms with Crippen LogP contribution in [-0.2, 0) is 4.74 Å². The Morgan fingerprint density at radius 3 is 2.94 bits per heavy atom. The molecule has 5 nitrogen and oxygen atoms in total. The van der Waals surface area contributed by atoms with Crippen molar-refractivity contribution in [3.05, 3.63) is 24.3 Å². The second-order valence-corrected chi connectivity index (χ2v) is 4.89. The molecule has 0 spiro atoms. The van der Waals surface area contributed by atoms with E-state index in [9.17, 15) is 4.79 Å². The normalized spacial score (nSPS) is 26.9. The van der Waals surface area contributed by atoms with Gasteiger partial charge < -0.3 is 21.1 Å². The molecule has 2 amide bonds. The molecule has 0 radical (unpaired) electrons. The number of rotatable bonds is 2. The summed E-state index contributed by atoms with van der Waals surface area (Å²) in [5, 5.41) is 5.73. The van der Waals surface area contributed by atoms with Gasteiger partial charge in [0, 0.05) is 18.0 Å². The number of carbonyl (C=O) groups is 1. The fraction of sp³-hybridized carbons (Fsp3) is 0.462. The lowest BCUT2D eigenvalue weighted by Gasteiger charge is -2.28. The number of nitrogen functional groups attached to an aromatic ring is 1. The molecule has 2 atom stereocenters. The Morgan fingerprint density at radius 2 is 2.33 bits per heavy atom. The van der Waals surface area contributed by atoms with Crippen LogP contribution < -0.4 is 16.4 Å². The quantitative estimate of drug-likeness (QED) is 0.701. The van der Waals surface area contributed by atoms with Crippen molar-refractivity contribution in [3.63, 3.8) is 0 Å². The average Bonchev–Trinajstić information content (AvgIpc) is 2.58. The van der Waals surface area contributed by atoms with Gasteiger partial charge in [0.05, 0.1) is 11.6 Å². The minimum absolute atomic E-state index is 0.0177. The van der Waals surface area contributed by atoms with E-state index in [0.717, 1.165) is 6.42 Å². The molecule has 4 N–H and O–H groups in total. The van der Waals surface area contributed by atoms with E-state index in [1.807, 2.05) is 13.8 Å². The second kappa shape index (κ2) is 4.86. The Hall–Kier alpha value is -1.75. The van der Waals surface area contributed by atoms with E-state index < -0.39 is 0 Å². The van der Waals surface area contributed by atoms with Crippen LogP contribution in [0, 0.1) is 0 Å². The Morgan fingerprint density at radius 1 is 1.56 bits per heavy atom. The summed E-state index contributed by atoms with van der Waals surface area (Å²) in [5.41, 5.74) is 6.64. The Kier molecular flexibility index (Phi) is 3.43. The van der Waals surface area contributed by atoms with E-state index in [-0.39, 0.29) is 17.7 Å². The van der Waals surface area contributed by atoms with Crippen molar-refractivity contribution in [3.8, 4) is 0 Å². The molecule has 98 valence electrons.